The highest BCUT2D eigenvalue weighted by Crippen LogP contribution is 2.26. The summed E-state index contributed by atoms with van der Waals surface area (Å²) >= 11 is 0. The first-order valence-corrected chi connectivity index (χ1v) is 18.5. The van der Waals surface area contributed by atoms with E-state index >= 15 is 0 Å². The van der Waals surface area contributed by atoms with Gasteiger partial charge in [-0.2, -0.15) is 13.2 Å². The van der Waals surface area contributed by atoms with Gasteiger partial charge in [0.1, 0.15) is 0 Å². The molecule has 4 aromatic rings. The SMILES string of the molecule is CCOC(=O)c1ccc(NC(=O)N(Cc2ccc(-c3cccc(CN4CCNCC4)c3)cc2)C2CCN(Cc3ccccc3)CC2)cc1.O=C(O)C(F)(F)F. The Morgan fingerprint density at radius 3 is 2.00 bits per heavy atom. The molecule has 0 unspecified atom stereocenters. The molecule has 2 fully saturated rings. The first-order valence-electron chi connectivity index (χ1n) is 18.5. The van der Waals surface area contributed by atoms with E-state index in [-0.39, 0.29) is 18.0 Å². The van der Waals surface area contributed by atoms with Crippen LogP contribution in [0.15, 0.2) is 103 Å². The summed E-state index contributed by atoms with van der Waals surface area (Å²) in [6, 6.07) is 34.9. The molecule has 2 heterocycles. The van der Waals surface area contributed by atoms with Crippen LogP contribution in [0.25, 0.3) is 11.1 Å². The van der Waals surface area contributed by atoms with Crippen molar-refractivity contribution in [3.8, 4) is 11.1 Å². The zero-order valence-corrected chi connectivity index (χ0v) is 30.9. The molecule has 2 amide bonds. The molecular weight excluding hydrogens is 711 g/mol. The second-order valence-electron chi connectivity index (χ2n) is 13.6. The van der Waals surface area contributed by atoms with Gasteiger partial charge < -0.3 is 25.4 Å². The number of carboxylic acid groups (broad SMARTS) is 1. The standard InChI is InChI=1S/C40H47N5O3.C2HF3O2/c1-2-48-39(46)35-15-17-37(18-16-35)42-40(47)45(38-19-23-43(24-20-38)28-31-7-4-3-5-8-31)30-32-11-13-34(14-12-32)36-10-6-9-33(27-36)29-44-25-21-41-22-26-44;3-2(4,5)1(6)7/h3-18,27,38,41H,2,19-26,28-30H2,1H3,(H,42,47);(H,6,7). The van der Waals surface area contributed by atoms with Crippen LogP contribution in [0.4, 0.5) is 23.7 Å². The molecule has 55 heavy (non-hydrogen) atoms. The number of piperazine rings is 1. The summed E-state index contributed by atoms with van der Waals surface area (Å²) < 4.78 is 36.8. The van der Waals surface area contributed by atoms with Crippen molar-refractivity contribution in [3.63, 3.8) is 0 Å². The highest BCUT2D eigenvalue weighted by molar-refractivity contribution is 5.92. The third-order valence-electron chi connectivity index (χ3n) is 9.58. The van der Waals surface area contributed by atoms with Crippen LogP contribution in [0, 0.1) is 0 Å². The molecule has 0 atom stereocenters. The predicted molar refractivity (Wildman–Crippen MR) is 205 cm³/mol. The molecule has 2 aliphatic heterocycles. The largest absolute Gasteiger partial charge is 0.490 e. The number of esters is 1. The summed E-state index contributed by atoms with van der Waals surface area (Å²) in [7, 11) is 0. The first-order chi connectivity index (χ1) is 26.5. The molecule has 0 saturated carbocycles. The smallest absolute Gasteiger partial charge is 0.475 e. The third-order valence-corrected chi connectivity index (χ3v) is 9.58. The summed E-state index contributed by atoms with van der Waals surface area (Å²) in [4.78, 5) is 41.9. The number of nitrogens with zero attached hydrogens (tertiary/aromatic N) is 3. The van der Waals surface area contributed by atoms with Gasteiger partial charge in [0.25, 0.3) is 0 Å². The molecule has 0 spiro atoms. The number of ether oxygens (including phenoxy) is 1. The number of aliphatic carboxylic acids is 1. The second-order valence-corrected chi connectivity index (χ2v) is 13.6. The van der Waals surface area contributed by atoms with Crippen LogP contribution in [0.5, 0.6) is 0 Å². The number of amides is 2. The zero-order chi connectivity index (χ0) is 39.2. The van der Waals surface area contributed by atoms with Gasteiger partial charge in [-0.05, 0) is 77.9 Å². The van der Waals surface area contributed by atoms with Crippen molar-refractivity contribution in [2.24, 2.45) is 0 Å². The molecule has 6 rings (SSSR count). The molecule has 10 nitrogen and oxygen atoms in total. The maximum Gasteiger partial charge on any atom is 0.490 e. The molecule has 2 saturated heterocycles. The lowest BCUT2D eigenvalue weighted by molar-refractivity contribution is -0.192. The van der Waals surface area contributed by atoms with Crippen LogP contribution in [0.2, 0.25) is 0 Å². The van der Waals surface area contributed by atoms with Crippen LogP contribution in [0.3, 0.4) is 0 Å². The summed E-state index contributed by atoms with van der Waals surface area (Å²) in [6.45, 7) is 10.6. The average Bonchev–Trinajstić information content (AvgIpc) is 3.19. The maximum absolute atomic E-state index is 13.9. The normalized spacial score (nSPS) is 15.3. The number of carboxylic acids is 1. The monoisotopic (exact) mass is 759 g/mol. The number of hydrogen-bond acceptors (Lipinski definition) is 7. The number of carbonyl (C=O) groups excluding carboxylic acids is 2. The topological polar surface area (TPSA) is 114 Å². The number of likely N-dealkylation sites (tertiary alicyclic amines) is 1. The van der Waals surface area contributed by atoms with E-state index in [4.69, 9.17) is 14.6 Å². The molecule has 0 radical (unpaired) electrons. The molecule has 0 aromatic heterocycles. The fourth-order valence-corrected chi connectivity index (χ4v) is 6.67. The van der Waals surface area contributed by atoms with Crippen molar-refractivity contribution in [2.45, 2.75) is 51.6 Å². The molecule has 3 N–H and O–H groups in total. The van der Waals surface area contributed by atoms with Crippen molar-refractivity contribution < 1.29 is 37.4 Å². The van der Waals surface area contributed by atoms with Gasteiger partial charge in [-0.25, -0.2) is 14.4 Å². The number of hydrogen-bond donors (Lipinski definition) is 3. The minimum Gasteiger partial charge on any atom is -0.475 e. The molecule has 13 heteroatoms. The number of alkyl halides is 3. The highest BCUT2D eigenvalue weighted by Gasteiger charge is 2.38. The van der Waals surface area contributed by atoms with E-state index in [1.54, 1.807) is 31.2 Å². The Balaban J connectivity index is 0.000000757. The summed E-state index contributed by atoms with van der Waals surface area (Å²) in [6.07, 6.45) is -3.28. The molecule has 0 bridgehead atoms. The van der Waals surface area contributed by atoms with E-state index in [2.05, 4.69) is 99.3 Å². The van der Waals surface area contributed by atoms with Crippen molar-refractivity contribution in [2.75, 3.05) is 51.2 Å². The Morgan fingerprint density at radius 2 is 1.38 bits per heavy atom. The maximum atomic E-state index is 13.9. The van der Waals surface area contributed by atoms with Gasteiger partial charge in [0.05, 0.1) is 12.2 Å². The van der Waals surface area contributed by atoms with Crippen molar-refractivity contribution >= 4 is 23.7 Å². The van der Waals surface area contributed by atoms with Crippen LogP contribution in [-0.4, -0.2) is 95.9 Å². The lowest BCUT2D eigenvalue weighted by Gasteiger charge is -2.38. The number of anilines is 1. The van der Waals surface area contributed by atoms with Crippen molar-refractivity contribution in [1.29, 1.82) is 0 Å². The van der Waals surface area contributed by atoms with E-state index < -0.39 is 12.1 Å². The van der Waals surface area contributed by atoms with Gasteiger partial charge in [0.15, 0.2) is 0 Å². The summed E-state index contributed by atoms with van der Waals surface area (Å²) in [5.74, 6) is -3.12. The minimum absolute atomic E-state index is 0.108. The van der Waals surface area contributed by atoms with Gasteiger partial charge in [-0.1, -0.05) is 72.8 Å². The molecule has 4 aromatic carbocycles. The lowest BCUT2D eigenvalue weighted by Crippen LogP contribution is -2.48. The Bertz CT molecular complexity index is 1830. The van der Waals surface area contributed by atoms with E-state index in [0.29, 0.717) is 24.4 Å². The number of urea groups is 1. The van der Waals surface area contributed by atoms with Crippen LogP contribution >= 0.6 is 0 Å². The molecule has 2 aliphatic rings. The number of nitrogens with one attached hydrogen (secondary N) is 2. The number of rotatable bonds is 11. The van der Waals surface area contributed by atoms with Crippen LogP contribution < -0.4 is 10.6 Å². The number of benzene rings is 4. The Labute approximate surface area is 319 Å². The lowest BCUT2D eigenvalue weighted by atomic mass is 9.99. The van der Waals surface area contributed by atoms with Crippen molar-refractivity contribution in [3.05, 3.63) is 125 Å². The average molecular weight is 760 g/mol. The van der Waals surface area contributed by atoms with E-state index in [0.717, 1.165) is 70.8 Å². The highest BCUT2D eigenvalue weighted by atomic mass is 19.4. The third kappa shape index (κ3) is 12.7. The molecule has 292 valence electrons. The van der Waals surface area contributed by atoms with E-state index in [1.807, 2.05) is 4.90 Å². The Hall–Kier alpha value is -5.24. The first kappa shape index (κ1) is 40.9. The van der Waals surface area contributed by atoms with Crippen LogP contribution in [0.1, 0.15) is 46.8 Å². The van der Waals surface area contributed by atoms with Gasteiger partial charge >= 0.3 is 24.1 Å². The molecule has 0 aliphatic carbocycles. The fourth-order valence-electron chi connectivity index (χ4n) is 6.67. The van der Waals surface area contributed by atoms with E-state index in [9.17, 15) is 22.8 Å². The van der Waals surface area contributed by atoms with E-state index in [1.165, 1.54) is 22.3 Å². The number of halogens is 3. The van der Waals surface area contributed by atoms with Gasteiger partial charge in [0.2, 0.25) is 0 Å². The zero-order valence-electron chi connectivity index (χ0n) is 30.9. The predicted octanol–water partition coefficient (Wildman–Crippen LogP) is 7.27. The van der Waals surface area contributed by atoms with Gasteiger partial charge in [0, 0.05) is 70.6 Å². The Kier molecular flexibility index (Phi) is 14.8. The second kappa shape index (κ2) is 19.9. The van der Waals surface area contributed by atoms with Crippen LogP contribution in [-0.2, 0) is 29.2 Å². The van der Waals surface area contributed by atoms with Crippen molar-refractivity contribution in [1.82, 2.24) is 20.0 Å². The fraction of sp³-hybridized carbons (Fsp3) is 0.357. The minimum atomic E-state index is -5.08. The summed E-state index contributed by atoms with van der Waals surface area (Å²) in [5, 5.41) is 13.7. The molecular formula is C42H48F3N5O5. The summed E-state index contributed by atoms with van der Waals surface area (Å²) in [5.41, 5.74) is 7.23. The van der Waals surface area contributed by atoms with Gasteiger partial charge in [-0.3, -0.25) is 9.80 Å². The quantitative estimate of drug-likeness (QED) is 0.137. The van der Waals surface area contributed by atoms with Gasteiger partial charge in [-0.15, -0.1) is 0 Å². The number of carbonyl (C=O) groups is 3. The Morgan fingerprint density at radius 1 is 0.782 bits per heavy atom. The number of piperidine rings is 1.